The van der Waals surface area contributed by atoms with Crippen LogP contribution in [-0.4, -0.2) is 57.6 Å². The van der Waals surface area contributed by atoms with E-state index in [0.29, 0.717) is 35.2 Å². The van der Waals surface area contributed by atoms with Gasteiger partial charge in [0.2, 0.25) is 0 Å². The molecule has 1 atom stereocenters. The number of aliphatic hydroxyl groups excluding tert-OH is 1. The van der Waals surface area contributed by atoms with E-state index in [1.165, 1.54) is 4.90 Å². The Balaban J connectivity index is 1.64. The van der Waals surface area contributed by atoms with Crippen LogP contribution in [0.4, 0.5) is 0 Å². The van der Waals surface area contributed by atoms with Gasteiger partial charge in [0.05, 0.1) is 19.1 Å². The van der Waals surface area contributed by atoms with Crippen LogP contribution in [0.1, 0.15) is 44.3 Å². The lowest BCUT2D eigenvalue weighted by molar-refractivity contribution is -0.137. The molecular formula is C32H31N3O5. The van der Waals surface area contributed by atoms with Gasteiger partial charge in [0.1, 0.15) is 0 Å². The number of aromatic nitrogens is 1. The van der Waals surface area contributed by atoms with Crippen LogP contribution < -0.4 is 5.32 Å². The van der Waals surface area contributed by atoms with E-state index >= 15 is 0 Å². The van der Waals surface area contributed by atoms with Gasteiger partial charge in [-0.2, -0.15) is 0 Å². The first-order valence-corrected chi connectivity index (χ1v) is 13.0. The van der Waals surface area contributed by atoms with E-state index in [1.54, 1.807) is 60.9 Å². The highest BCUT2D eigenvalue weighted by Crippen LogP contribution is 2.29. The van der Waals surface area contributed by atoms with E-state index in [1.807, 2.05) is 42.5 Å². The molecule has 204 valence electrons. The summed E-state index contributed by atoms with van der Waals surface area (Å²) >= 11 is 0. The monoisotopic (exact) mass is 537 g/mol. The minimum Gasteiger partial charge on any atom is -0.481 e. The Labute approximate surface area is 232 Å². The van der Waals surface area contributed by atoms with Crippen molar-refractivity contribution in [2.45, 2.75) is 18.9 Å². The standard InChI is InChI=1S/C32H31N3O5/c36-22-29(24-8-2-1-3-9-24)34-31(39)27-12-6-4-10-25(27)26-11-5-7-13-28(26)32(40)35(21-17-30(37)38)20-16-23-14-18-33-19-15-23/h1-15,18-19,29,36H,16-17,20-22H2,(H,34,39)(H,37,38)/t29-/m1/s1. The summed E-state index contributed by atoms with van der Waals surface area (Å²) in [5.74, 6) is -1.70. The molecule has 3 aromatic carbocycles. The number of nitrogens with one attached hydrogen (secondary N) is 1. The Bertz CT molecular complexity index is 1440. The molecule has 0 saturated heterocycles. The Morgan fingerprint density at radius 2 is 1.38 bits per heavy atom. The molecule has 4 aromatic rings. The third-order valence-electron chi connectivity index (χ3n) is 6.61. The molecule has 2 amide bonds. The van der Waals surface area contributed by atoms with Crippen LogP contribution in [0.15, 0.2) is 103 Å². The second-order valence-electron chi connectivity index (χ2n) is 9.25. The fourth-order valence-electron chi connectivity index (χ4n) is 4.51. The topological polar surface area (TPSA) is 120 Å². The van der Waals surface area contributed by atoms with Crippen LogP contribution in [0.3, 0.4) is 0 Å². The maximum atomic E-state index is 13.9. The molecule has 0 aliphatic heterocycles. The van der Waals surface area contributed by atoms with Crippen molar-refractivity contribution in [3.8, 4) is 11.1 Å². The molecule has 1 heterocycles. The summed E-state index contributed by atoms with van der Waals surface area (Å²) in [5, 5.41) is 22.1. The molecule has 4 rings (SSSR count). The summed E-state index contributed by atoms with van der Waals surface area (Å²) in [6, 6.07) is 26.3. The van der Waals surface area contributed by atoms with Crippen LogP contribution in [0.5, 0.6) is 0 Å². The minimum atomic E-state index is -0.992. The number of nitrogens with zero attached hydrogens (tertiary/aromatic N) is 2. The predicted octanol–water partition coefficient (Wildman–Crippen LogP) is 4.37. The maximum absolute atomic E-state index is 13.9. The molecule has 0 fully saturated rings. The Kier molecular flexibility index (Phi) is 9.74. The van der Waals surface area contributed by atoms with Gasteiger partial charge >= 0.3 is 5.97 Å². The Morgan fingerprint density at radius 3 is 2.02 bits per heavy atom. The number of benzene rings is 3. The molecule has 8 nitrogen and oxygen atoms in total. The van der Waals surface area contributed by atoms with Crippen molar-refractivity contribution < 1.29 is 24.6 Å². The summed E-state index contributed by atoms with van der Waals surface area (Å²) in [7, 11) is 0. The van der Waals surface area contributed by atoms with E-state index < -0.39 is 12.0 Å². The van der Waals surface area contributed by atoms with Crippen LogP contribution >= 0.6 is 0 Å². The van der Waals surface area contributed by atoms with Crippen molar-refractivity contribution >= 4 is 17.8 Å². The van der Waals surface area contributed by atoms with Crippen molar-refractivity contribution in [2.75, 3.05) is 19.7 Å². The molecular weight excluding hydrogens is 506 g/mol. The second-order valence-corrected chi connectivity index (χ2v) is 9.25. The number of aliphatic hydroxyl groups is 1. The molecule has 0 spiro atoms. The number of hydrogen-bond acceptors (Lipinski definition) is 5. The first-order chi connectivity index (χ1) is 19.5. The van der Waals surface area contributed by atoms with Gasteiger partial charge in [-0.1, -0.05) is 66.7 Å². The highest BCUT2D eigenvalue weighted by molar-refractivity contribution is 6.06. The molecule has 8 heteroatoms. The van der Waals surface area contributed by atoms with Gasteiger partial charge in [-0.05, 0) is 52.9 Å². The number of carbonyl (C=O) groups excluding carboxylic acids is 2. The van der Waals surface area contributed by atoms with Gasteiger partial charge < -0.3 is 20.4 Å². The number of carbonyl (C=O) groups is 3. The van der Waals surface area contributed by atoms with E-state index in [2.05, 4.69) is 10.3 Å². The molecule has 0 aliphatic rings. The summed E-state index contributed by atoms with van der Waals surface area (Å²) in [5.41, 5.74) is 3.59. The fraction of sp³-hybridized carbons (Fsp3) is 0.188. The van der Waals surface area contributed by atoms with Crippen molar-refractivity contribution in [1.29, 1.82) is 0 Å². The number of pyridine rings is 1. The summed E-state index contributed by atoms with van der Waals surface area (Å²) in [6.07, 6.45) is 3.70. The van der Waals surface area contributed by atoms with E-state index in [-0.39, 0.29) is 31.4 Å². The van der Waals surface area contributed by atoms with Gasteiger partial charge in [0, 0.05) is 36.6 Å². The minimum absolute atomic E-state index is 0.0466. The third-order valence-corrected chi connectivity index (χ3v) is 6.61. The van der Waals surface area contributed by atoms with Crippen molar-refractivity contribution in [3.63, 3.8) is 0 Å². The summed E-state index contributed by atoms with van der Waals surface area (Å²) in [4.78, 5) is 44.2. The number of hydrogen-bond donors (Lipinski definition) is 3. The quantitative estimate of drug-likeness (QED) is 0.247. The summed E-state index contributed by atoms with van der Waals surface area (Å²) < 4.78 is 0. The largest absolute Gasteiger partial charge is 0.481 e. The number of carboxylic acid groups (broad SMARTS) is 1. The average Bonchev–Trinajstić information content (AvgIpc) is 3.00. The lowest BCUT2D eigenvalue weighted by Gasteiger charge is -2.24. The number of rotatable bonds is 12. The van der Waals surface area contributed by atoms with Crippen LogP contribution in [0.25, 0.3) is 11.1 Å². The molecule has 1 aromatic heterocycles. The summed E-state index contributed by atoms with van der Waals surface area (Å²) in [6.45, 7) is 0.0931. The first-order valence-electron chi connectivity index (χ1n) is 13.0. The number of amides is 2. The predicted molar refractivity (Wildman–Crippen MR) is 152 cm³/mol. The normalized spacial score (nSPS) is 11.4. The molecule has 3 N–H and O–H groups in total. The molecule has 0 saturated carbocycles. The zero-order valence-corrected chi connectivity index (χ0v) is 21.9. The molecule has 0 aliphatic carbocycles. The van der Waals surface area contributed by atoms with Crippen LogP contribution in [0.2, 0.25) is 0 Å². The molecule has 40 heavy (non-hydrogen) atoms. The van der Waals surface area contributed by atoms with Crippen molar-refractivity contribution in [2.24, 2.45) is 0 Å². The fourth-order valence-corrected chi connectivity index (χ4v) is 4.51. The van der Waals surface area contributed by atoms with Crippen LogP contribution in [0, 0.1) is 0 Å². The maximum Gasteiger partial charge on any atom is 0.305 e. The van der Waals surface area contributed by atoms with E-state index in [0.717, 1.165) is 11.1 Å². The second kappa shape index (κ2) is 13.8. The highest BCUT2D eigenvalue weighted by Gasteiger charge is 2.23. The smallest absolute Gasteiger partial charge is 0.305 e. The van der Waals surface area contributed by atoms with Gasteiger partial charge in [-0.15, -0.1) is 0 Å². The average molecular weight is 538 g/mol. The van der Waals surface area contributed by atoms with Crippen LogP contribution in [-0.2, 0) is 11.2 Å². The third kappa shape index (κ3) is 7.18. The molecule has 0 bridgehead atoms. The zero-order chi connectivity index (χ0) is 28.3. The van der Waals surface area contributed by atoms with Gasteiger partial charge in [-0.25, -0.2) is 0 Å². The van der Waals surface area contributed by atoms with Gasteiger partial charge in [0.25, 0.3) is 11.8 Å². The van der Waals surface area contributed by atoms with E-state index in [4.69, 9.17) is 0 Å². The Hall–Kier alpha value is -4.82. The SMILES string of the molecule is O=C(O)CCN(CCc1ccncc1)C(=O)c1ccccc1-c1ccccc1C(=O)N[C@H](CO)c1ccccc1. The lowest BCUT2D eigenvalue weighted by atomic mass is 9.94. The number of aliphatic carboxylic acids is 1. The Morgan fingerprint density at radius 1 is 0.775 bits per heavy atom. The lowest BCUT2D eigenvalue weighted by Crippen LogP contribution is -2.35. The van der Waals surface area contributed by atoms with Crippen molar-refractivity contribution in [1.82, 2.24) is 15.2 Å². The van der Waals surface area contributed by atoms with Gasteiger partial charge in [0.15, 0.2) is 0 Å². The van der Waals surface area contributed by atoms with Gasteiger partial charge in [-0.3, -0.25) is 19.4 Å². The first kappa shape index (κ1) is 28.2. The van der Waals surface area contributed by atoms with E-state index in [9.17, 15) is 24.6 Å². The van der Waals surface area contributed by atoms with Crippen molar-refractivity contribution in [3.05, 3.63) is 126 Å². The molecule has 0 unspecified atom stereocenters. The molecule has 0 radical (unpaired) electrons. The zero-order valence-electron chi connectivity index (χ0n) is 21.9. The highest BCUT2D eigenvalue weighted by atomic mass is 16.4. The number of carboxylic acids is 1.